The first-order chi connectivity index (χ1) is 13.6. The Morgan fingerprint density at radius 1 is 1.14 bits per heavy atom. The average molecular weight is 443 g/mol. The quantitative estimate of drug-likeness (QED) is 0.467. The second-order valence-electron chi connectivity index (χ2n) is 6.56. The number of non-ortho nitro benzene ring substituents is 1. The molecule has 8 heteroatoms. The molecule has 0 spiro atoms. The molecule has 1 aromatic heterocycles. The number of rotatable bonds is 5. The monoisotopic (exact) mass is 442 g/mol. The van der Waals surface area contributed by atoms with Crippen LogP contribution in [0.1, 0.15) is 5.56 Å². The minimum atomic E-state index is -0.397. The van der Waals surface area contributed by atoms with Gasteiger partial charge >= 0.3 is 0 Å². The van der Waals surface area contributed by atoms with E-state index in [1.54, 1.807) is 6.07 Å². The second kappa shape index (κ2) is 8.12. The Morgan fingerprint density at radius 3 is 2.75 bits per heavy atom. The normalized spacial score (nSPS) is 14.2. The van der Waals surface area contributed by atoms with Crippen LogP contribution in [0, 0.1) is 10.1 Å². The average Bonchev–Trinajstić information content (AvgIpc) is 2.73. The van der Waals surface area contributed by atoms with Gasteiger partial charge in [-0.2, -0.15) is 0 Å². The number of morpholine rings is 1. The molecule has 7 nitrogen and oxygen atoms in total. The Balaban J connectivity index is 1.54. The van der Waals surface area contributed by atoms with Crippen molar-refractivity contribution in [3.8, 4) is 0 Å². The van der Waals surface area contributed by atoms with E-state index < -0.39 is 4.92 Å². The van der Waals surface area contributed by atoms with Crippen LogP contribution in [0.15, 0.2) is 53.0 Å². The summed E-state index contributed by atoms with van der Waals surface area (Å²) >= 11 is 3.56. The van der Waals surface area contributed by atoms with Crippen LogP contribution >= 0.6 is 15.9 Å². The molecular formula is C20H19BrN4O3. The highest BCUT2D eigenvalue weighted by atomic mass is 79.9. The van der Waals surface area contributed by atoms with E-state index in [1.165, 1.54) is 23.4 Å². The highest BCUT2D eigenvalue weighted by Crippen LogP contribution is 2.27. The second-order valence-corrected chi connectivity index (χ2v) is 7.47. The summed E-state index contributed by atoms with van der Waals surface area (Å²) in [7, 11) is 0. The van der Waals surface area contributed by atoms with Crippen LogP contribution in [0.2, 0.25) is 0 Å². The van der Waals surface area contributed by atoms with Crippen LogP contribution in [0.5, 0.6) is 0 Å². The number of nitro groups is 1. The lowest BCUT2D eigenvalue weighted by Gasteiger charge is -2.31. The van der Waals surface area contributed by atoms with Gasteiger partial charge in [0.1, 0.15) is 5.82 Å². The molecule has 2 heterocycles. The number of anilines is 2. The molecule has 1 N–H and O–H groups in total. The number of nitrogens with zero attached hydrogens (tertiary/aromatic N) is 3. The fourth-order valence-electron chi connectivity index (χ4n) is 3.30. The molecular weight excluding hydrogens is 424 g/mol. The van der Waals surface area contributed by atoms with Crippen molar-refractivity contribution in [2.45, 2.75) is 6.54 Å². The molecule has 2 aromatic carbocycles. The zero-order valence-corrected chi connectivity index (χ0v) is 16.7. The summed E-state index contributed by atoms with van der Waals surface area (Å²) in [6, 6.07) is 14.7. The van der Waals surface area contributed by atoms with Crippen molar-refractivity contribution in [3.05, 3.63) is 68.7 Å². The first-order valence-electron chi connectivity index (χ1n) is 9.00. The molecule has 0 amide bonds. The Labute approximate surface area is 170 Å². The minimum absolute atomic E-state index is 0.0695. The number of nitro benzene ring substituents is 1. The van der Waals surface area contributed by atoms with Crippen LogP contribution in [0.3, 0.4) is 0 Å². The van der Waals surface area contributed by atoms with E-state index in [-0.39, 0.29) is 5.69 Å². The summed E-state index contributed by atoms with van der Waals surface area (Å²) in [5.41, 5.74) is 3.15. The molecule has 0 bridgehead atoms. The highest BCUT2D eigenvalue weighted by molar-refractivity contribution is 9.10. The molecule has 0 saturated carbocycles. The van der Waals surface area contributed by atoms with Crippen LogP contribution in [0.4, 0.5) is 17.2 Å². The maximum Gasteiger partial charge on any atom is 0.270 e. The lowest BCUT2D eigenvalue weighted by atomic mass is 10.1. The van der Waals surface area contributed by atoms with Gasteiger partial charge in [-0.1, -0.05) is 22.0 Å². The summed E-state index contributed by atoms with van der Waals surface area (Å²) in [5, 5.41) is 15.0. The molecule has 28 heavy (non-hydrogen) atoms. The number of hydrogen-bond acceptors (Lipinski definition) is 6. The van der Waals surface area contributed by atoms with Crippen LogP contribution < -0.4 is 10.2 Å². The fourth-order valence-corrected chi connectivity index (χ4v) is 3.64. The third-order valence-electron chi connectivity index (χ3n) is 4.74. The summed E-state index contributed by atoms with van der Waals surface area (Å²) in [5.74, 6) is 0.734. The van der Waals surface area contributed by atoms with Crippen LogP contribution in [-0.2, 0) is 11.3 Å². The first-order valence-corrected chi connectivity index (χ1v) is 9.80. The molecule has 3 aromatic rings. The minimum Gasteiger partial charge on any atom is -0.378 e. The molecule has 1 aliphatic heterocycles. The number of halogens is 1. The Bertz CT molecular complexity index is 1020. The highest BCUT2D eigenvalue weighted by Gasteiger charge is 2.15. The molecule has 1 aliphatic rings. The number of benzene rings is 2. The van der Waals surface area contributed by atoms with Crippen molar-refractivity contribution >= 4 is 44.0 Å². The standard InChI is InChI=1S/C20H19BrN4O3/c21-16-3-1-15(19(12-16)24-7-9-28-10-8-24)13-22-20-6-2-14-11-17(25(26)27)4-5-18(14)23-20/h1-6,11-12H,7-10,13H2,(H,22,23). The van der Waals surface area contributed by atoms with Crippen molar-refractivity contribution in [1.82, 2.24) is 4.98 Å². The largest absolute Gasteiger partial charge is 0.378 e. The zero-order chi connectivity index (χ0) is 19.5. The van der Waals surface area contributed by atoms with Crippen molar-refractivity contribution in [2.75, 3.05) is 36.5 Å². The van der Waals surface area contributed by atoms with E-state index in [1.807, 2.05) is 18.2 Å². The van der Waals surface area contributed by atoms with Gasteiger partial charge in [0.25, 0.3) is 5.69 Å². The summed E-state index contributed by atoms with van der Waals surface area (Å²) in [6.07, 6.45) is 0. The van der Waals surface area contributed by atoms with Gasteiger partial charge in [0, 0.05) is 47.3 Å². The van der Waals surface area contributed by atoms with E-state index in [4.69, 9.17) is 4.74 Å². The van der Waals surface area contributed by atoms with E-state index in [9.17, 15) is 10.1 Å². The summed E-state index contributed by atoms with van der Waals surface area (Å²) in [6.45, 7) is 3.84. The van der Waals surface area contributed by atoms with Crippen LogP contribution in [0.25, 0.3) is 10.9 Å². The molecule has 0 atom stereocenters. The Hall–Kier alpha value is -2.71. The third-order valence-corrected chi connectivity index (χ3v) is 5.24. The molecule has 4 rings (SSSR count). The van der Waals surface area contributed by atoms with E-state index in [0.717, 1.165) is 47.5 Å². The fraction of sp³-hybridized carbons (Fsp3) is 0.250. The number of pyridine rings is 1. The maximum absolute atomic E-state index is 10.9. The number of hydrogen-bond donors (Lipinski definition) is 1. The van der Waals surface area contributed by atoms with Gasteiger partial charge in [0.15, 0.2) is 0 Å². The Kier molecular flexibility index (Phi) is 5.40. The predicted molar refractivity (Wildman–Crippen MR) is 113 cm³/mol. The van der Waals surface area contributed by atoms with Crippen LogP contribution in [-0.4, -0.2) is 36.2 Å². The van der Waals surface area contributed by atoms with Gasteiger partial charge in [0.05, 0.1) is 23.7 Å². The molecule has 1 fully saturated rings. The zero-order valence-electron chi connectivity index (χ0n) is 15.1. The Morgan fingerprint density at radius 2 is 1.96 bits per heavy atom. The van der Waals surface area contributed by atoms with Gasteiger partial charge < -0.3 is 15.0 Å². The van der Waals surface area contributed by atoms with E-state index in [2.05, 4.69) is 43.3 Å². The van der Waals surface area contributed by atoms with Crippen molar-refractivity contribution in [3.63, 3.8) is 0 Å². The molecule has 0 aliphatic carbocycles. The molecule has 1 saturated heterocycles. The van der Waals surface area contributed by atoms with Gasteiger partial charge in [-0.25, -0.2) is 4.98 Å². The summed E-state index contributed by atoms with van der Waals surface area (Å²) < 4.78 is 6.51. The third kappa shape index (κ3) is 4.07. The van der Waals surface area contributed by atoms with Gasteiger partial charge in [-0.15, -0.1) is 0 Å². The number of ether oxygens (including phenoxy) is 1. The van der Waals surface area contributed by atoms with Gasteiger partial charge in [-0.05, 0) is 35.9 Å². The number of nitrogens with one attached hydrogen (secondary N) is 1. The SMILES string of the molecule is O=[N+]([O-])c1ccc2nc(NCc3ccc(Br)cc3N3CCOCC3)ccc2c1. The van der Waals surface area contributed by atoms with E-state index in [0.29, 0.717) is 6.54 Å². The molecule has 0 unspecified atom stereocenters. The topological polar surface area (TPSA) is 80.5 Å². The van der Waals surface area contributed by atoms with Crippen molar-refractivity contribution < 1.29 is 9.66 Å². The first kappa shape index (κ1) is 18.6. The molecule has 0 radical (unpaired) electrons. The maximum atomic E-state index is 10.9. The smallest absolute Gasteiger partial charge is 0.270 e. The van der Waals surface area contributed by atoms with Gasteiger partial charge in [0.2, 0.25) is 0 Å². The number of fused-ring (bicyclic) bond motifs is 1. The lowest BCUT2D eigenvalue weighted by molar-refractivity contribution is -0.384. The molecule has 144 valence electrons. The van der Waals surface area contributed by atoms with E-state index >= 15 is 0 Å². The van der Waals surface area contributed by atoms with Crippen molar-refractivity contribution in [1.29, 1.82) is 0 Å². The predicted octanol–water partition coefficient (Wildman–Crippen LogP) is 4.35. The number of aromatic nitrogens is 1. The lowest BCUT2D eigenvalue weighted by Crippen LogP contribution is -2.36. The van der Waals surface area contributed by atoms with Crippen molar-refractivity contribution in [2.24, 2.45) is 0 Å². The van der Waals surface area contributed by atoms with Gasteiger partial charge in [-0.3, -0.25) is 10.1 Å². The summed E-state index contributed by atoms with van der Waals surface area (Å²) in [4.78, 5) is 17.4.